The Labute approximate surface area is 150 Å². The summed E-state index contributed by atoms with van der Waals surface area (Å²) in [7, 11) is 1.65. The molecule has 0 spiro atoms. The normalized spacial score (nSPS) is 10.8. The van der Waals surface area contributed by atoms with Crippen molar-refractivity contribution in [3.05, 3.63) is 78.0 Å². The number of pyridine rings is 1. The van der Waals surface area contributed by atoms with Gasteiger partial charge in [0.1, 0.15) is 17.1 Å². The number of benzene rings is 2. The molecule has 0 atom stereocenters. The van der Waals surface area contributed by atoms with Gasteiger partial charge in [0, 0.05) is 17.3 Å². The Bertz CT molecular complexity index is 1050. The molecule has 0 amide bonds. The first-order valence-corrected chi connectivity index (χ1v) is 8.29. The van der Waals surface area contributed by atoms with Gasteiger partial charge in [-0.05, 0) is 23.8 Å². The third-order valence-corrected chi connectivity index (χ3v) is 4.32. The lowest BCUT2D eigenvalue weighted by atomic mass is 10.2. The van der Waals surface area contributed by atoms with Crippen LogP contribution in [0.2, 0.25) is 0 Å². The number of aromatic nitrogens is 3. The molecule has 4 rings (SSSR count). The fourth-order valence-electron chi connectivity index (χ4n) is 3.00. The molecule has 0 fully saturated rings. The molecule has 0 unspecified atom stereocenters. The molecule has 0 aliphatic heterocycles. The van der Waals surface area contributed by atoms with Crippen molar-refractivity contribution in [3.63, 3.8) is 0 Å². The van der Waals surface area contributed by atoms with Crippen molar-refractivity contribution in [2.24, 2.45) is 0 Å². The predicted molar refractivity (Wildman–Crippen MR) is 100 cm³/mol. The van der Waals surface area contributed by atoms with E-state index in [0.717, 1.165) is 29.0 Å². The fraction of sp³-hybridized carbons (Fsp3) is 0.0952. The van der Waals surface area contributed by atoms with Gasteiger partial charge in [0.05, 0.1) is 13.7 Å². The first kappa shape index (κ1) is 16.0. The van der Waals surface area contributed by atoms with Crippen LogP contribution in [0.25, 0.3) is 22.6 Å². The standard InChI is InChI=1S/C21H17N3O2/c1-26-18-9-7-15(8-10-18)13-24-20(16-5-3-2-4-6-16)23-19-17(14-25)11-12-22-21(19)24/h2-12,14H,13H2,1H3. The van der Waals surface area contributed by atoms with Crippen molar-refractivity contribution >= 4 is 17.5 Å². The topological polar surface area (TPSA) is 57.0 Å². The predicted octanol–water partition coefficient (Wildman–Crippen LogP) is 3.97. The van der Waals surface area contributed by atoms with E-state index >= 15 is 0 Å². The van der Waals surface area contributed by atoms with Crippen molar-refractivity contribution in [1.82, 2.24) is 14.5 Å². The zero-order valence-corrected chi connectivity index (χ0v) is 14.3. The van der Waals surface area contributed by atoms with E-state index in [0.29, 0.717) is 23.3 Å². The summed E-state index contributed by atoms with van der Waals surface area (Å²) >= 11 is 0. The van der Waals surface area contributed by atoms with Crippen molar-refractivity contribution in [2.75, 3.05) is 7.11 Å². The molecule has 0 radical (unpaired) electrons. The second-order valence-electron chi connectivity index (χ2n) is 5.93. The maximum Gasteiger partial charge on any atom is 0.161 e. The summed E-state index contributed by atoms with van der Waals surface area (Å²) in [5, 5.41) is 0. The second-order valence-corrected chi connectivity index (χ2v) is 5.93. The van der Waals surface area contributed by atoms with Gasteiger partial charge in [-0.25, -0.2) is 9.97 Å². The van der Waals surface area contributed by atoms with Gasteiger partial charge in [-0.15, -0.1) is 0 Å². The van der Waals surface area contributed by atoms with E-state index in [1.165, 1.54) is 0 Å². The minimum absolute atomic E-state index is 0.542. The number of carbonyl (C=O) groups is 1. The van der Waals surface area contributed by atoms with E-state index in [4.69, 9.17) is 9.72 Å². The van der Waals surface area contributed by atoms with Crippen LogP contribution < -0.4 is 4.74 Å². The van der Waals surface area contributed by atoms with Crippen molar-refractivity contribution in [1.29, 1.82) is 0 Å². The zero-order valence-electron chi connectivity index (χ0n) is 14.3. The monoisotopic (exact) mass is 343 g/mol. The third kappa shape index (κ3) is 2.84. The van der Waals surface area contributed by atoms with Gasteiger partial charge in [-0.1, -0.05) is 42.5 Å². The maximum absolute atomic E-state index is 11.4. The summed E-state index contributed by atoms with van der Waals surface area (Å²) in [6, 6.07) is 19.5. The van der Waals surface area contributed by atoms with E-state index in [9.17, 15) is 4.79 Å². The Hall–Kier alpha value is -3.47. The van der Waals surface area contributed by atoms with Gasteiger partial charge >= 0.3 is 0 Å². The smallest absolute Gasteiger partial charge is 0.161 e. The number of imidazole rings is 1. The number of nitrogens with zero attached hydrogens (tertiary/aromatic N) is 3. The number of ether oxygens (including phenoxy) is 1. The minimum Gasteiger partial charge on any atom is -0.497 e. The zero-order chi connectivity index (χ0) is 17.9. The molecule has 5 nitrogen and oxygen atoms in total. The molecule has 26 heavy (non-hydrogen) atoms. The van der Waals surface area contributed by atoms with Gasteiger partial charge < -0.3 is 9.30 Å². The van der Waals surface area contributed by atoms with Gasteiger partial charge in [0.2, 0.25) is 0 Å². The maximum atomic E-state index is 11.4. The molecular weight excluding hydrogens is 326 g/mol. The van der Waals surface area contributed by atoms with Crippen LogP contribution in [0.5, 0.6) is 5.75 Å². The highest BCUT2D eigenvalue weighted by Gasteiger charge is 2.16. The molecule has 0 aliphatic rings. The highest BCUT2D eigenvalue weighted by Crippen LogP contribution is 2.26. The Morgan fingerprint density at radius 2 is 1.81 bits per heavy atom. The van der Waals surface area contributed by atoms with E-state index in [1.807, 2.05) is 59.2 Å². The van der Waals surface area contributed by atoms with E-state index in [2.05, 4.69) is 4.98 Å². The van der Waals surface area contributed by atoms with Crippen LogP contribution in [0, 0.1) is 0 Å². The van der Waals surface area contributed by atoms with Gasteiger partial charge in [-0.3, -0.25) is 4.79 Å². The largest absolute Gasteiger partial charge is 0.497 e. The van der Waals surface area contributed by atoms with E-state index in [1.54, 1.807) is 19.4 Å². The first-order chi connectivity index (χ1) is 12.8. The molecule has 5 heteroatoms. The molecule has 2 heterocycles. The van der Waals surface area contributed by atoms with Gasteiger partial charge in [0.25, 0.3) is 0 Å². The lowest BCUT2D eigenvalue weighted by Crippen LogP contribution is -2.03. The Morgan fingerprint density at radius 1 is 1.04 bits per heavy atom. The van der Waals surface area contributed by atoms with Gasteiger partial charge in [0.15, 0.2) is 11.9 Å². The minimum atomic E-state index is 0.542. The summed E-state index contributed by atoms with van der Waals surface area (Å²) in [5.74, 6) is 1.60. The average molecular weight is 343 g/mol. The molecule has 2 aromatic heterocycles. The number of hydrogen-bond acceptors (Lipinski definition) is 4. The lowest BCUT2D eigenvalue weighted by molar-refractivity contribution is 0.112. The van der Waals surface area contributed by atoms with Crippen LogP contribution in [-0.4, -0.2) is 27.9 Å². The molecule has 4 aromatic rings. The SMILES string of the molecule is COc1ccc(Cn2c(-c3ccccc3)nc3c(C=O)ccnc32)cc1. The number of carbonyl (C=O) groups excluding carboxylic acids is 1. The average Bonchev–Trinajstić information content (AvgIpc) is 3.08. The van der Waals surface area contributed by atoms with Crippen molar-refractivity contribution in [3.8, 4) is 17.1 Å². The Kier molecular flexibility index (Phi) is 4.19. The van der Waals surface area contributed by atoms with E-state index < -0.39 is 0 Å². The molecule has 0 saturated carbocycles. The summed E-state index contributed by atoms with van der Waals surface area (Å²) < 4.78 is 7.27. The Morgan fingerprint density at radius 3 is 2.50 bits per heavy atom. The van der Waals surface area contributed by atoms with Gasteiger partial charge in [-0.2, -0.15) is 0 Å². The van der Waals surface area contributed by atoms with E-state index in [-0.39, 0.29) is 0 Å². The molecule has 0 bridgehead atoms. The molecule has 0 saturated heterocycles. The number of fused-ring (bicyclic) bond motifs is 1. The van der Waals surface area contributed by atoms with Crippen LogP contribution in [-0.2, 0) is 6.54 Å². The highest BCUT2D eigenvalue weighted by atomic mass is 16.5. The second kappa shape index (κ2) is 6.80. The van der Waals surface area contributed by atoms with Crippen LogP contribution in [0.3, 0.4) is 0 Å². The Balaban J connectivity index is 1.89. The lowest BCUT2D eigenvalue weighted by Gasteiger charge is -2.10. The highest BCUT2D eigenvalue weighted by molar-refractivity contribution is 5.94. The van der Waals surface area contributed by atoms with Crippen LogP contribution >= 0.6 is 0 Å². The number of methoxy groups -OCH3 is 1. The number of hydrogen-bond donors (Lipinski definition) is 0. The summed E-state index contributed by atoms with van der Waals surface area (Å²) in [5.41, 5.74) is 3.94. The quantitative estimate of drug-likeness (QED) is 0.515. The molecule has 0 N–H and O–H groups in total. The molecule has 128 valence electrons. The third-order valence-electron chi connectivity index (χ3n) is 4.32. The fourth-order valence-corrected chi connectivity index (χ4v) is 3.00. The summed E-state index contributed by atoms with van der Waals surface area (Å²) in [6.45, 7) is 0.597. The molecule has 0 aliphatic carbocycles. The van der Waals surface area contributed by atoms with Crippen LogP contribution in [0.15, 0.2) is 66.9 Å². The number of rotatable bonds is 5. The molecular formula is C21H17N3O2. The molecule has 2 aromatic carbocycles. The van der Waals surface area contributed by atoms with Crippen LogP contribution in [0.1, 0.15) is 15.9 Å². The first-order valence-electron chi connectivity index (χ1n) is 8.29. The summed E-state index contributed by atoms with van der Waals surface area (Å²) in [6.07, 6.45) is 2.47. The van der Waals surface area contributed by atoms with Crippen molar-refractivity contribution in [2.45, 2.75) is 6.54 Å². The van der Waals surface area contributed by atoms with Crippen LogP contribution in [0.4, 0.5) is 0 Å². The van der Waals surface area contributed by atoms with Crippen molar-refractivity contribution < 1.29 is 9.53 Å². The summed E-state index contributed by atoms with van der Waals surface area (Å²) in [4.78, 5) is 20.6. The number of aldehydes is 1.